The lowest BCUT2D eigenvalue weighted by atomic mass is 10.1. The normalized spacial score (nSPS) is 11.3. The van der Waals surface area contributed by atoms with Gasteiger partial charge in [-0.05, 0) is 42.5 Å². The van der Waals surface area contributed by atoms with Crippen LogP contribution in [0.2, 0.25) is 5.02 Å². The summed E-state index contributed by atoms with van der Waals surface area (Å²) in [6.07, 6.45) is -1.82. The number of hydrogen-bond acceptors (Lipinski definition) is 4. The minimum absolute atomic E-state index is 0.0296. The fourth-order valence-electron chi connectivity index (χ4n) is 2.99. The van der Waals surface area contributed by atoms with E-state index in [0.717, 1.165) is 18.2 Å². The fourth-order valence-corrected chi connectivity index (χ4v) is 3.22. The minimum atomic E-state index is -4.70. The number of aromatic amines is 1. The van der Waals surface area contributed by atoms with Gasteiger partial charge in [-0.2, -0.15) is 18.3 Å². The summed E-state index contributed by atoms with van der Waals surface area (Å²) in [4.78, 5) is 28.6. The molecular formula is C21H13ClF4N6O2. The highest BCUT2D eigenvalue weighted by atomic mass is 35.5. The molecule has 2 aromatic carbocycles. The molecule has 2 heterocycles. The number of nitrogens with zero attached hydrogens (tertiary/aromatic N) is 2. The molecule has 3 amide bonds. The maximum atomic E-state index is 14.5. The first-order valence-electron chi connectivity index (χ1n) is 9.45. The Bertz CT molecular complexity index is 1410. The highest BCUT2D eigenvalue weighted by Gasteiger charge is 2.33. The van der Waals surface area contributed by atoms with Crippen molar-refractivity contribution in [1.82, 2.24) is 15.2 Å². The molecule has 174 valence electrons. The molecule has 4 rings (SSSR count). The van der Waals surface area contributed by atoms with E-state index >= 15 is 0 Å². The van der Waals surface area contributed by atoms with Gasteiger partial charge in [-0.15, -0.1) is 0 Å². The number of hydrogen-bond donors (Lipinski definition) is 4. The zero-order valence-corrected chi connectivity index (χ0v) is 17.6. The topological polar surface area (TPSA) is 112 Å². The SMILES string of the molecule is O=C(Nc1ccc(C(=O)Nc2cnc3[nH]ncc3c2)c(F)c1)Nc1ccc(Cl)c(C(F)(F)F)c1. The van der Waals surface area contributed by atoms with Crippen LogP contribution in [-0.4, -0.2) is 27.1 Å². The number of fused-ring (bicyclic) bond motifs is 1. The number of urea groups is 1. The van der Waals surface area contributed by atoms with E-state index in [-0.39, 0.29) is 16.9 Å². The van der Waals surface area contributed by atoms with Gasteiger partial charge < -0.3 is 16.0 Å². The molecule has 8 nitrogen and oxygen atoms in total. The highest BCUT2D eigenvalue weighted by molar-refractivity contribution is 6.31. The molecule has 0 aliphatic carbocycles. The maximum Gasteiger partial charge on any atom is 0.417 e. The summed E-state index contributed by atoms with van der Waals surface area (Å²) < 4.78 is 53.4. The van der Waals surface area contributed by atoms with Crippen LogP contribution in [0.4, 0.5) is 39.4 Å². The molecule has 0 bridgehead atoms. The lowest BCUT2D eigenvalue weighted by molar-refractivity contribution is -0.137. The molecular weight excluding hydrogens is 480 g/mol. The number of anilines is 3. The number of rotatable bonds is 4. The van der Waals surface area contributed by atoms with E-state index < -0.39 is 34.5 Å². The summed E-state index contributed by atoms with van der Waals surface area (Å²) in [6, 6.07) is 6.83. The van der Waals surface area contributed by atoms with Crippen LogP contribution in [-0.2, 0) is 6.18 Å². The lowest BCUT2D eigenvalue weighted by Crippen LogP contribution is -2.20. The molecule has 0 spiro atoms. The van der Waals surface area contributed by atoms with Crippen molar-refractivity contribution in [2.75, 3.05) is 16.0 Å². The number of benzene rings is 2. The first-order valence-corrected chi connectivity index (χ1v) is 9.83. The van der Waals surface area contributed by atoms with E-state index in [2.05, 4.69) is 31.1 Å². The number of pyridine rings is 1. The average molecular weight is 493 g/mol. The van der Waals surface area contributed by atoms with Gasteiger partial charge in [0.1, 0.15) is 5.82 Å². The standard InChI is InChI=1S/C21H13ClF4N6O2/c22-16-4-2-11(6-15(16)21(24,25)26)30-20(34)31-12-1-3-14(17(23)7-12)19(33)29-13-5-10-8-28-32-18(10)27-9-13/h1-9H,(H,29,33)(H,27,28,32)(H2,30,31,34). The Morgan fingerprint density at radius 3 is 2.32 bits per heavy atom. The molecule has 0 aliphatic rings. The molecule has 0 saturated heterocycles. The van der Waals surface area contributed by atoms with Gasteiger partial charge >= 0.3 is 12.2 Å². The molecule has 4 aromatic rings. The minimum Gasteiger partial charge on any atom is -0.320 e. The molecule has 2 aromatic heterocycles. The van der Waals surface area contributed by atoms with E-state index in [9.17, 15) is 27.2 Å². The molecule has 34 heavy (non-hydrogen) atoms. The molecule has 13 heteroatoms. The van der Waals surface area contributed by atoms with E-state index in [1.165, 1.54) is 24.5 Å². The van der Waals surface area contributed by atoms with Gasteiger partial charge in [-0.3, -0.25) is 9.89 Å². The van der Waals surface area contributed by atoms with Gasteiger partial charge in [0.2, 0.25) is 0 Å². The monoisotopic (exact) mass is 492 g/mol. The van der Waals surface area contributed by atoms with E-state index in [4.69, 9.17) is 11.6 Å². The van der Waals surface area contributed by atoms with Gasteiger partial charge in [0.25, 0.3) is 5.91 Å². The fraction of sp³-hybridized carbons (Fsp3) is 0.0476. The van der Waals surface area contributed by atoms with Crippen molar-refractivity contribution >= 4 is 51.6 Å². The number of nitrogens with one attached hydrogen (secondary N) is 4. The first kappa shape index (κ1) is 23.0. The van der Waals surface area contributed by atoms with Crippen LogP contribution >= 0.6 is 11.6 Å². The Hall–Kier alpha value is -4.19. The predicted molar refractivity (Wildman–Crippen MR) is 117 cm³/mol. The highest BCUT2D eigenvalue weighted by Crippen LogP contribution is 2.36. The number of halogens is 5. The molecule has 0 unspecified atom stereocenters. The molecule has 0 fully saturated rings. The number of aromatic nitrogens is 3. The van der Waals surface area contributed by atoms with Crippen LogP contribution in [0, 0.1) is 5.82 Å². The van der Waals surface area contributed by atoms with E-state index in [1.807, 2.05) is 0 Å². The van der Waals surface area contributed by atoms with Crippen molar-refractivity contribution in [1.29, 1.82) is 0 Å². The predicted octanol–water partition coefficient (Wildman–Crippen LogP) is 5.67. The average Bonchev–Trinajstić information content (AvgIpc) is 3.22. The van der Waals surface area contributed by atoms with Crippen LogP contribution in [0.3, 0.4) is 0 Å². The number of amides is 3. The summed E-state index contributed by atoms with van der Waals surface area (Å²) in [5.41, 5.74) is -0.777. The Balaban J connectivity index is 1.42. The summed E-state index contributed by atoms with van der Waals surface area (Å²) >= 11 is 5.55. The third-order valence-corrected chi connectivity index (χ3v) is 4.88. The van der Waals surface area contributed by atoms with Gasteiger partial charge in [-0.1, -0.05) is 11.6 Å². The number of carbonyl (C=O) groups excluding carboxylic acids is 2. The van der Waals surface area contributed by atoms with Crippen molar-refractivity contribution in [3.63, 3.8) is 0 Å². The Labute approximate surface area is 193 Å². The number of alkyl halides is 3. The molecule has 0 saturated carbocycles. The van der Waals surface area contributed by atoms with E-state index in [0.29, 0.717) is 22.8 Å². The maximum absolute atomic E-state index is 14.5. The summed E-state index contributed by atoms with van der Waals surface area (Å²) in [5, 5.41) is 13.6. The molecule has 0 aliphatic heterocycles. The summed E-state index contributed by atoms with van der Waals surface area (Å²) in [6.45, 7) is 0. The van der Waals surface area contributed by atoms with Crippen molar-refractivity contribution in [3.05, 3.63) is 76.8 Å². The molecule has 4 N–H and O–H groups in total. The van der Waals surface area contributed by atoms with Crippen LogP contribution in [0.1, 0.15) is 15.9 Å². The van der Waals surface area contributed by atoms with Gasteiger partial charge in [0.05, 0.1) is 34.2 Å². The zero-order valence-electron chi connectivity index (χ0n) is 16.8. The first-order chi connectivity index (χ1) is 16.1. The Morgan fingerprint density at radius 2 is 1.62 bits per heavy atom. The molecule has 0 atom stereocenters. The second kappa shape index (κ2) is 8.98. The van der Waals surface area contributed by atoms with Crippen LogP contribution in [0.25, 0.3) is 11.0 Å². The van der Waals surface area contributed by atoms with Gasteiger partial charge in [0, 0.05) is 16.8 Å². The third-order valence-electron chi connectivity index (χ3n) is 4.55. The van der Waals surface area contributed by atoms with E-state index in [1.54, 1.807) is 6.07 Å². The van der Waals surface area contributed by atoms with Crippen molar-refractivity contribution in [3.8, 4) is 0 Å². The van der Waals surface area contributed by atoms with Crippen molar-refractivity contribution in [2.24, 2.45) is 0 Å². The second-order valence-electron chi connectivity index (χ2n) is 6.95. The second-order valence-corrected chi connectivity index (χ2v) is 7.36. The lowest BCUT2D eigenvalue weighted by Gasteiger charge is -2.13. The third kappa shape index (κ3) is 5.07. The smallest absolute Gasteiger partial charge is 0.320 e. The zero-order chi connectivity index (χ0) is 24.5. The Kier molecular flexibility index (Phi) is 6.07. The quantitative estimate of drug-likeness (QED) is 0.275. The molecule has 0 radical (unpaired) electrons. The van der Waals surface area contributed by atoms with Crippen molar-refractivity contribution in [2.45, 2.75) is 6.18 Å². The summed E-state index contributed by atoms with van der Waals surface area (Å²) in [5.74, 6) is -1.68. The van der Waals surface area contributed by atoms with Crippen LogP contribution in [0.15, 0.2) is 54.9 Å². The van der Waals surface area contributed by atoms with Crippen LogP contribution < -0.4 is 16.0 Å². The number of carbonyl (C=O) groups is 2. The van der Waals surface area contributed by atoms with Gasteiger partial charge in [0.15, 0.2) is 5.65 Å². The summed E-state index contributed by atoms with van der Waals surface area (Å²) in [7, 11) is 0. The van der Waals surface area contributed by atoms with Crippen LogP contribution in [0.5, 0.6) is 0 Å². The number of H-pyrrole nitrogens is 1. The van der Waals surface area contributed by atoms with Crippen molar-refractivity contribution < 1.29 is 27.2 Å². The van der Waals surface area contributed by atoms with Gasteiger partial charge in [-0.25, -0.2) is 14.2 Å². The largest absolute Gasteiger partial charge is 0.417 e. The Morgan fingerprint density at radius 1 is 0.912 bits per heavy atom.